The van der Waals surface area contributed by atoms with Crippen LogP contribution in [-0.4, -0.2) is 11.5 Å². The Labute approximate surface area is 100 Å². The summed E-state index contributed by atoms with van der Waals surface area (Å²) in [5, 5.41) is 3.45. The summed E-state index contributed by atoms with van der Waals surface area (Å²) in [6.07, 6.45) is 1.07. The third-order valence-corrected chi connectivity index (χ3v) is 3.54. The van der Waals surface area contributed by atoms with Crippen LogP contribution in [0.3, 0.4) is 0 Å². The van der Waals surface area contributed by atoms with Crippen molar-refractivity contribution in [3.63, 3.8) is 0 Å². The first-order chi connectivity index (χ1) is 7.86. The molecule has 0 radical (unpaired) electrons. The Morgan fingerprint density at radius 3 is 2.75 bits per heavy atom. The van der Waals surface area contributed by atoms with E-state index in [1.165, 1.54) is 16.1 Å². The minimum absolute atomic E-state index is 0.943. The van der Waals surface area contributed by atoms with E-state index in [4.69, 9.17) is 0 Å². The molecule has 1 aromatic heterocycles. The maximum atomic E-state index is 4.24. The Hall–Kier alpha value is -1.19. The summed E-state index contributed by atoms with van der Waals surface area (Å²) < 4.78 is 0. The summed E-state index contributed by atoms with van der Waals surface area (Å²) in [5.41, 5.74) is 4.43. The molecule has 0 saturated heterocycles. The van der Waals surface area contributed by atoms with Crippen molar-refractivity contribution in [2.75, 3.05) is 6.54 Å². The summed E-state index contributed by atoms with van der Waals surface area (Å²) in [4.78, 5) is 5.63. The van der Waals surface area contributed by atoms with Crippen molar-refractivity contribution in [2.45, 2.75) is 19.9 Å². The Morgan fingerprint density at radius 1 is 1.25 bits per heavy atom. The van der Waals surface area contributed by atoms with Crippen molar-refractivity contribution < 1.29 is 0 Å². The van der Waals surface area contributed by atoms with Gasteiger partial charge in [-0.2, -0.15) is 0 Å². The summed E-state index contributed by atoms with van der Waals surface area (Å²) in [5.74, 6) is 0. The SMILES string of the molecule is Cc1ncsc1CCNCc1ccccc1. The van der Waals surface area contributed by atoms with Gasteiger partial charge in [0, 0.05) is 18.0 Å². The Bertz CT molecular complexity index is 423. The van der Waals surface area contributed by atoms with E-state index in [0.29, 0.717) is 0 Å². The number of thiazole rings is 1. The van der Waals surface area contributed by atoms with E-state index in [1.54, 1.807) is 11.3 Å². The van der Waals surface area contributed by atoms with Gasteiger partial charge in [-0.1, -0.05) is 30.3 Å². The molecule has 3 heteroatoms. The summed E-state index contributed by atoms with van der Waals surface area (Å²) in [6, 6.07) is 10.5. The number of hydrogen-bond acceptors (Lipinski definition) is 3. The molecule has 0 atom stereocenters. The molecule has 0 saturated carbocycles. The minimum atomic E-state index is 0.943. The van der Waals surface area contributed by atoms with Gasteiger partial charge in [0.05, 0.1) is 11.2 Å². The first-order valence-electron chi connectivity index (χ1n) is 5.50. The zero-order valence-corrected chi connectivity index (χ0v) is 10.3. The van der Waals surface area contributed by atoms with Crippen LogP contribution in [0, 0.1) is 6.92 Å². The van der Waals surface area contributed by atoms with Crippen LogP contribution in [0.5, 0.6) is 0 Å². The van der Waals surface area contributed by atoms with Crippen molar-refractivity contribution >= 4 is 11.3 Å². The van der Waals surface area contributed by atoms with E-state index in [1.807, 2.05) is 11.6 Å². The monoisotopic (exact) mass is 232 g/mol. The predicted molar refractivity (Wildman–Crippen MR) is 68.7 cm³/mol. The zero-order chi connectivity index (χ0) is 11.2. The van der Waals surface area contributed by atoms with Gasteiger partial charge in [0.15, 0.2) is 0 Å². The fourth-order valence-corrected chi connectivity index (χ4v) is 2.38. The molecule has 84 valence electrons. The van der Waals surface area contributed by atoms with Crippen LogP contribution in [0.2, 0.25) is 0 Å². The summed E-state index contributed by atoms with van der Waals surface area (Å²) in [6.45, 7) is 4.03. The average Bonchev–Trinajstić information content (AvgIpc) is 2.72. The van der Waals surface area contributed by atoms with Crippen LogP contribution in [0.25, 0.3) is 0 Å². The van der Waals surface area contributed by atoms with Gasteiger partial charge in [0.25, 0.3) is 0 Å². The van der Waals surface area contributed by atoms with E-state index in [2.05, 4.69) is 41.5 Å². The first-order valence-corrected chi connectivity index (χ1v) is 6.38. The lowest BCUT2D eigenvalue weighted by molar-refractivity contribution is 0.689. The lowest BCUT2D eigenvalue weighted by atomic mass is 10.2. The third-order valence-electron chi connectivity index (χ3n) is 2.55. The molecule has 2 nitrogen and oxygen atoms in total. The van der Waals surface area contributed by atoms with Gasteiger partial charge in [0.2, 0.25) is 0 Å². The molecule has 2 aromatic rings. The average molecular weight is 232 g/mol. The largest absolute Gasteiger partial charge is 0.312 e. The van der Waals surface area contributed by atoms with Gasteiger partial charge in [-0.05, 0) is 18.9 Å². The highest BCUT2D eigenvalue weighted by Gasteiger charge is 2.00. The van der Waals surface area contributed by atoms with E-state index in [-0.39, 0.29) is 0 Å². The fourth-order valence-electron chi connectivity index (χ4n) is 1.60. The van der Waals surface area contributed by atoms with Gasteiger partial charge in [0.1, 0.15) is 0 Å². The van der Waals surface area contributed by atoms with Gasteiger partial charge in [-0.3, -0.25) is 0 Å². The number of aromatic nitrogens is 1. The first kappa shape index (κ1) is 11.3. The molecule has 0 amide bonds. The normalized spacial score (nSPS) is 10.6. The second kappa shape index (κ2) is 5.77. The molecular formula is C13H16N2S. The molecular weight excluding hydrogens is 216 g/mol. The molecule has 1 heterocycles. The highest BCUT2D eigenvalue weighted by molar-refractivity contribution is 7.09. The van der Waals surface area contributed by atoms with Crippen molar-refractivity contribution in [2.24, 2.45) is 0 Å². The molecule has 16 heavy (non-hydrogen) atoms. The number of rotatable bonds is 5. The van der Waals surface area contributed by atoms with Gasteiger partial charge in [-0.15, -0.1) is 11.3 Å². The number of aryl methyl sites for hydroxylation is 1. The maximum Gasteiger partial charge on any atom is 0.0797 e. The molecule has 2 rings (SSSR count). The van der Waals surface area contributed by atoms with E-state index in [0.717, 1.165) is 19.5 Å². The van der Waals surface area contributed by atoms with E-state index < -0.39 is 0 Å². The summed E-state index contributed by atoms with van der Waals surface area (Å²) >= 11 is 1.74. The predicted octanol–water partition coefficient (Wildman–Crippen LogP) is 2.78. The highest BCUT2D eigenvalue weighted by Crippen LogP contribution is 2.11. The smallest absolute Gasteiger partial charge is 0.0797 e. The molecule has 0 aliphatic heterocycles. The Kier molecular flexibility index (Phi) is 4.08. The van der Waals surface area contributed by atoms with Crippen LogP contribution >= 0.6 is 11.3 Å². The quantitative estimate of drug-likeness (QED) is 0.802. The van der Waals surface area contributed by atoms with Crippen molar-refractivity contribution in [3.8, 4) is 0 Å². The van der Waals surface area contributed by atoms with E-state index >= 15 is 0 Å². The van der Waals surface area contributed by atoms with Crippen LogP contribution in [-0.2, 0) is 13.0 Å². The van der Waals surface area contributed by atoms with Gasteiger partial charge >= 0.3 is 0 Å². The topological polar surface area (TPSA) is 24.9 Å². The molecule has 0 aliphatic rings. The molecule has 0 fully saturated rings. The lowest BCUT2D eigenvalue weighted by Gasteiger charge is -2.03. The van der Waals surface area contributed by atoms with Crippen LogP contribution in [0.4, 0.5) is 0 Å². The number of hydrogen-bond donors (Lipinski definition) is 1. The molecule has 0 unspecified atom stereocenters. The highest BCUT2D eigenvalue weighted by atomic mass is 32.1. The zero-order valence-electron chi connectivity index (χ0n) is 9.44. The minimum Gasteiger partial charge on any atom is -0.312 e. The second-order valence-electron chi connectivity index (χ2n) is 3.77. The summed E-state index contributed by atoms with van der Waals surface area (Å²) in [7, 11) is 0. The molecule has 0 spiro atoms. The Balaban J connectivity index is 1.72. The molecule has 1 N–H and O–H groups in total. The van der Waals surface area contributed by atoms with Crippen LogP contribution < -0.4 is 5.32 Å². The number of benzene rings is 1. The third kappa shape index (κ3) is 3.15. The lowest BCUT2D eigenvalue weighted by Crippen LogP contribution is -2.16. The molecule has 1 aromatic carbocycles. The van der Waals surface area contributed by atoms with Crippen molar-refractivity contribution in [1.29, 1.82) is 0 Å². The van der Waals surface area contributed by atoms with Crippen molar-refractivity contribution in [1.82, 2.24) is 10.3 Å². The maximum absolute atomic E-state index is 4.24. The Morgan fingerprint density at radius 2 is 2.06 bits per heavy atom. The van der Waals surface area contributed by atoms with E-state index in [9.17, 15) is 0 Å². The van der Waals surface area contributed by atoms with Crippen LogP contribution in [0.15, 0.2) is 35.8 Å². The standard InChI is InChI=1S/C13H16N2S/c1-11-13(16-10-15-11)7-8-14-9-12-5-3-2-4-6-12/h2-6,10,14H,7-9H2,1H3. The van der Waals surface area contributed by atoms with Gasteiger partial charge < -0.3 is 5.32 Å². The fraction of sp³-hybridized carbons (Fsp3) is 0.308. The van der Waals surface area contributed by atoms with Crippen molar-refractivity contribution in [3.05, 3.63) is 52.0 Å². The molecule has 0 bridgehead atoms. The van der Waals surface area contributed by atoms with Crippen LogP contribution in [0.1, 0.15) is 16.1 Å². The second-order valence-corrected chi connectivity index (χ2v) is 4.71. The van der Waals surface area contributed by atoms with Gasteiger partial charge in [-0.25, -0.2) is 4.98 Å². The molecule has 0 aliphatic carbocycles. The number of nitrogens with zero attached hydrogens (tertiary/aromatic N) is 1. The number of nitrogens with one attached hydrogen (secondary N) is 1.